The summed E-state index contributed by atoms with van der Waals surface area (Å²) < 4.78 is 0. The Morgan fingerprint density at radius 3 is 2.08 bits per heavy atom. The Kier molecular flexibility index (Phi) is 1.85. The molecule has 4 N–H and O–H groups in total. The average molecular weight is 185 g/mol. The maximum absolute atomic E-state index is 11.2. The second-order valence-corrected chi connectivity index (χ2v) is 2.76. The Morgan fingerprint density at radius 2 is 1.92 bits per heavy atom. The van der Waals surface area contributed by atoms with E-state index >= 15 is 0 Å². The summed E-state index contributed by atoms with van der Waals surface area (Å²) in [6, 6.07) is 0. The second-order valence-electron chi connectivity index (χ2n) is 2.32. The van der Waals surface area contributed by atoms with Crippen LogP contribution in [0.3, 0.4) is 0 Å². The maximum Gasteiger partial charge on any atom is 0.277 e. The molecular formula is C6H7N3O2S. The predicted octanol–water partition coefficient (Wildman–Crippen LogP) is -1.52. The van der Waals surface area contributed by atoms with Crippen LogP contribution in [0.25, 0.3) is 0 Å². The first-order valence-corrected chi connectivity index (χ1v) is 3.49. The highest BCUT2D eigenvalue weighted by Gasteiger charge is 2.35. The first kappa shape index (κ1) is 8.66. The lowest BCUT2D eigenvalue weighted by Crippen LogP contribution is -2.29. The standard InChI is InChI=1S/C6H7N3O2S/c1-9-5(10)2(4(8)12)3(7)6(9)11/h7H2,1H3,(H2,8,12). The van der Waals surface area contributed by atoms with E-state index in [-0.39, 0.29) is 16.3 Å². The van der Waals surface area contributed by atoms with Crippen molar-refractivity contribution >= 4 is 29.0 Å². The summed E-state index contributed by atoms with van der Waals surface area (Å²) in [7, 11) is 1.32. The molecule has 0 saturated carbocycles. The Hall–Kier alpha value is -1.43. The monoisotopic (exact) mass is 185 g/mol. The van der Waals surface area contributed by atoms with E-state index in [2.05, 4.69) is 12.2 Å². The van der Waals surface area contributed by atoms with Crippen LogP contribution >= 0.6 is 12.2 Å². The van der Waals surface area contributed by atoms with Crippen LogP contribution in [0.15, 0.2) is 11.3 Å². The lowest BCUT2D eigenvalue weighted by molar-refractivity contribution is -0.135. The molecule has 1 aliphatic heterocycles. The number of rotatable bonds is 1. The highest BCUT2D eigenvalue weighted by atomic mass is 32.1. The summed E-state index contributed by atoms with van der Waals surface area (Å²) in [4.78, 5) is 22.9. The van der Waals surface area contributed by atoms with Gasteiger partial charge in [0.1, 0.15) is 16.3 Å². The van der Waals surface area contributed by atoms with Gasteiger partial charge in [-0.15, -0.1) is 0 Å². The number of carbonyl (C=O) groups excluding carboxylic acids is 2. The molecule has 0 bridgehead atoms. The normalized spacial score (nSPS) is 17.6. The topological polar surface area (TPSA) is 89.4 Å². The second kappa shape index (κ2) is 2.56. The van der Waals surface area contributed by atoms with Crippen molar-refractivity contribution in [3.63, 3.8) is 0 Å². The summed E-state index contributed by atoms with van der Waals surface area (Å²) in [6.45, 7) is 0. The summed E-state index contributed by atoms with van der Waals surface area (Å²) in [6.07, 6.45) is 0. The van der Waals surface area contributed by atoms with Crippen molar-refractivity contribution in [2.45, 2.75) is 0 Å². The van der Waals surface area contributed by atoms with Crippen LogP contribution in [0.1, 0.15) is 0 Å². The number of imide groups is 1. The number of nitrogens with zero attached hydrogens (tertiary/aromatic N) is 1. The van der Waals surface area contributed by atoms with Crippen molar-refractivity contribution < 1.29 is 9.59 Å². The van der Waals surface area contributed by atoms with Crippen LogP contribution < -0.4 is 11.5 Å². The number of likely N-dealkylation sites (N-methyl/N-ethyl adjacent to an activating group) is 1. The van der Waals surface area contributed by atoms with E-state index in [1.165, 1.54) is 7.05 Å². The molecule has 0 aromatic rings. The molecule has 64 valence electrons. The summed E-state index contributed by atoms with van der Waals surface area (Å²) in [5.74, 6) is -1.09. The quantitative estimate of drug-likeness (QED) is 0.382. The van der Waals surface area contributed by atoms with Crippen molar-refractivity contribution in [2.24, 2.45) is 11.5 Å². The number of hydrogen-bond acceptors (Lipinski definition) is 4. The molecule has 5 nitrogen and oxygen atoms in total. The molecule has 0 spiro atoms. The van der Waals surface area contributed by atoms with Gasteiger partial charge in [-0.3, -0.25) is 14.5 Å². The number of carbonyl (C=O) groups is 2. The molecule has 1 heterocycles. The van der Waals surface area contributed by atoms with Crippen molar-refractivity contribution in [3.05, 3.63) is 11.3 Å². The molecule has 0 fully saturated rings. The molecule has 1 rings (SSSR count). The predicted molar refractivity (Wildman–Crippen MR) is 45.8 cm³/mol. The Bertz CT molecular complexity index is 321. The SMILES string of the molecule is CN1C(=O)C(N)=C(C(N)=S)C1=O. The zero-order valence-corrected chi connectivity index (χ0v) is 7.14. The highest BCUT2D eigenvalue weighted by Crippen LogP contribution is 2.14. The lowest BCUT2D eigenvalue weighted by atomic mass is 10.2. The van der Waals surface area contributed by atoms with Crippen LogP contribution in [-0.2, 0) is 9.59 Å². The van der Waals surface area contributed by atoms with Crippen LogP contribution in [0, 0.1) is 0 Å². The van der Waals surface area contributed by atoms with Gasteiger partial charge in [-0.2, -0.15) is 0 Å². The minimum atomic E-state index is -0.553. The van der Waals surface area contributed by atoms with E-state index in [0.29, 0.717) is 0 Å². The molecule has 0 aromatic heterocycles. The largest absolute Gasteiger partial charge is 0.394 e. The van der Waals surface area contributed by atoms with Crippen molar-refractivity contribution in [3.8, 4) is 0 Å². The zero-order valence-electron chi connectivity index (χ0n) is 6.33. The molecule has 0 aliphatic carbocycles. The molecule has 12 heavy (non-hydrogen) atoms. The van der Waals surface area contributed by atoms with E-state index < -0.39 is 11.8 Å². The van der Waals surface area contributed by atoms with Gasteiger partial charge in [0.15, 0.2) is 0 Å². The summed E-state index contributed by atoms with van der Waals surface area (Å²) in [5, 5.41) is 0. The summed E-state index contributed by atoms with van der Waals surface area (Å²) >= 11 is 4.56. The Morgan fingerprint density at radius 1 is 1.42 bits per heavy atom. The van der Waals surface area contributed by atoms with Gasteiger partial charge in [0.25, 0.3) is 11.8 Å². The smallest absolute Gasteiger partial charge is 0.277 e. The van der Waals surface area contributed by atoms with Gasteiger partial charge in [-0.05, 0) is 0 Å². The van der Waals surface area contributed by atoms with E-state index in [4.69, 9.17) is 11.5 Å². The summed E-state index contributed by atoms with van der Waals surface area (Å²) in [5.41, 5.74) is 10.3. The van der Waals surface area contributed by atoms with Crippen molar-refractivity contribution in [2.75, 3.05) is 7.05 Å². The lowest BCUT2D eigenvalue weighted by Gasteiger charge is -2.04. The van der Waals surface area contributed by atoms with Crippen LogP contribution in [0.5, 0.6) is 0 Å². The van der Waals surface area contributed by atoms with Crippen LogP contribution in [0.2, 0.25) is 0 Å². The van der Waals surface area contributed by atoms with Gasteiger partial charge in [0.05, 0.1) is 0 Å². The fourth-order valence-corrected chi connectivity index (χ4v) is 1.10. The number of hydrogen-bond donors (Lipinski definition) is 2. The number of thiocarbonyl (C=S) groups is 1. The maximum atomic E-state index is 11.2. The van der Waals surface area contributed by atoms with Gasteiger partial charge in [0.2, 0.25) is 0 Å². The Balaban J connectivity index is 3.22. The molecule has 0 radical (unpaired) electrons. The molecular weight excluding hydrogens is 178 g/mol. The van der Waals surface area contributed by atoms with Crippen molar-refractivity contribution in [1.29, 1.82) is 0 Å². The van der Waals surface area contributed by atoms with E-state index in [1.807, 2.05) is 0 Å². The van der Waals surface area contributed by atoms with E-state index in [0.717, 1.165) is 4.90 Å². The highest BCUT2D eigenvalue weighted by molar-refractivity contribution is 7.80. The fourth-order valence-electron chi connectivity index (χ4n) is 0.901. The van der Waals surface area contributed by atoms with Gasteiger partial charge in [-0.1, -0.05) is 12.2 Å². The molecule has 0 aromatic carbocycles. The first-order valence-electron chi connectivity index (χ1n) is 3.08. The minimum Gasteiger partial charge on any atom is -0.394 e. The fraction of sp³-hybridized carbons (Fsp3) is 0.167. The number of amides is 2. The van der Waals surface area contributed by atoms with Gasteiger partial charge >= 0.3 is 0 Å². The molecule has 1 aliphatic rings. The Labute approximate surface area is 74.0 Å². The van der Waals surface area contributed by atoms with Gasteiger partial charge in [-0.25, -0.2) is 0 Å². The third-order valence-electron chi connectivity index (χ3n) is 1.57. The third-order valence-corrected chi connectivity index (χ3v) is 1.77. The minimum absolute atomic E-state index is 0.0579. The van der Waals surface area contributed by atoms with Crippen molar-refractivity contribution in [1.82, 2.24) is 4.90 Å². The molecule has 0 saturated heterocycles. The molecule has 2 amide bonds. The zero-order chi connectivity index (χ0) is 9.46. The molecule has 0 atom stereocenters. The van der Waals surface area contributed by atoms with Gasteiger partial charge in [0, 0.05) is 7.05 Å². The third kappa shape index (κ3) is 0.964. The average Bonchev–Trinajstić information content (AvgIpc) is 2.16. The van der Waals surface area contributed by atoms with E-state index in [9.17, 15) is 9.59 Å². The van der Waals surface area contributed by atoms with Gasteiger partial charge < -0.3 is 11.5 Å². The van der Waals surface area contributed by atoms with Crippen LogP contribution in [-0.4, -0.2) is 28.8 Å². The molecule has 0 unspecified atom stereocenters. The van der Waals surface area contributed by atoms with E-state index in [1.54, 1.807) is 0 Å². The molecule has 6 heteroatoms. The number of nitrogens with two attached hydrogens (primary N) is 2. The van der Waals surface area contributed by atoms with Crippen LogP contribution in [0.4, 0.5) is 0 Å². The first-order chi connectivity index (χ1) is 5.46.